The van der Waals surface area contributed by atoms with Crippen molar-refractivity contribution < 1.29 is 47.7 Å². The number of rotatable bonds is 14. The van der Waals surface area contributed by atoms with Crippen LogP contribution in [0.4, 0.5) is 0 Å². The fourth-order valence-electron chi connectivity index (χ4n) is 3.78. The monoisotopic (exact) mass is 626 g/mol. The summed E-state index contributed by atoms with van der Waals surface area (Å²) in [5.41, 5.74) is 3.89. The first kappa shape index (κ1) is 34.7. The maximum Gasteiger partial charge on any atom is 0.338 e. The van der Waals surface area contributed by atoms with Crippen molar-refractivity contribution in [1.29, 1.82) is 0 Å². The van der Waals surface area contributed by atoms with Crippen LogP contribution in [0.2, 0.25) is 0 Å². The van der Waals surface area contributed by atoms with Crippen molar-refractivity contribution in [3.63, 3.8) is 0 Å². The van der Waals surface area contributed by atoms with E-state index in [0.717, 1.165) is 11.1 Å². The molecule has 46 heavy (non-hydrogen) atoms. The van der Waals surface area contributed by atoms with Crippen LogP contribution in [-0.2, 0) is 33.3 Å². The maximum atomic E-state index is 13.1. The van der Waals surface area contributed by atoms with Crippen LogP contribution in [0.15, 0.2) is 103 Å². The molecular formula is C36H34O10. The molecule has 238 valence electrons. The van der Waals surface area contributed by atoms with E-state index in [1.54, 1.807) is 73.7 Å². The highest BCUT2D eigenvalue weighted by atomic mass is 16.6. The Labute approximate surface area is 266 Å². The minimum absolute atomic E-state index is 0.0932. The lowest BCUT2D eigenvalue weighted by Crippen LogP contribution is -2.15. The molecule has 0 heterocycles. The predicted molar refractivity (Wildman–Crippen MR) is 170 cm³/mol. The Morgan fingerprint density at radius 1 is 0.522 bits per heavy atom. The van der Waals surface area contributed by atoms with E-state index in [9.17, 15) is 24.0 Å². The molecule has 0 atom stereocenters. The minimum Gasteiger partial charge on any atom is -0.459 e. The molecular weight excluding hydrogens is 592 g/mol. The van der Waals surface area contributed by atoms with Crippen molar-refractivity contribution in [3.8, 4) is 28.0 Å². The van der Waals surface area contributed by atoms with Gasteiger partial charge >= 0.3 is 29.8 Å². The Morgan fingerprint density at radius 3 is 1.50 bits per heavy atom. The molecule has 0 radical (unpaired) electrons. The van der Waals surface area contributed by atoms with Gasteiger partial charge in [0.1, 0.15) is 32.2 Å². The molecule has 0 aliphatic heterocycles. The van der Waals surface area contributed by atoms with Gasteiger partial charge in [-0.1, -0.05) is 50.1 Å². The molecule has 3 aromatic carbocycles. The fraction of sp³-hybridized carbons (Fsp3) is 0.194. The van der Waals surface area contributed by atoms with Gasteiger partial charge in [0.05, 0.1) is 11.1 Å². The van der Waals surface area contributed by atoms with Crippen molar-refractivity contribution in [3.05, 3.63) is 114 Å². The first-order valence-corrected chi connectivity index (χ1v) is 14.1. The Balaban J connectivity index is 1.82. The molecule has 0 fully saturated rings. The summed E-state index contributed by atoms with van der Waals surface area (Å²) in [5.74, 6) is -2.64. The van der Waals surface area contributed by atoms with E-state index in [4.69, 9.17) is 23.7 Å². The number of hydrogen-bond donors (Lipinski definition) is 0. The quantitative estimate of drug-likeness (QED) is 0.0685. The zero-order valence-corrected chi connectivity index (χ0v) is 25.9. The average molecular weight is 627 g/mol. The summed E-state index contributed by atoms with van der Waals surface area (Å²) in [6.45, 7) is 14.6. The Kier molecular flexibility index (Phi) is 12.3. The van der Waals surface area contributed by atoms with E-state index in [2.05, 4.69) is 19.7 Å². The molecule has 0 aromatic heterocycles. The smallest absolute Gasteiger partial charge is 0.338 e. The molecule has 3 aromatic rings. The minimum atomic E-state index is -0.641. The lowest BCUT2D eigenvalue weighted by atomic mass is 9.94. The van der Waals surface area contributed by atoms with Gasteiger partial charge in [0.2, 0.25) is 0 Å². The van der Waals surface area contributed by atoms with Gasteiger partial charge in [0, 0.05) is 16.7 Å². The van der Waals surface area contributed by atoms with Gasteiger partial charge in [-0.15, -0.1) is 0 Å². The molecule has 3 rings (SSSR count). The summed E-state index contributed by atoms with van der Waals surface area (Å²) in [7, 11) is 0. The van der Waals surface area contributed by atoms with Crippen LogP contribution in [-0.4, -0.2) is 56.3 Å². The summed E-state index contributed by atoms with van der Waals surface area (Å²) in [5, 5.41) is 0. The van der Waals surface area contributed by atoms with E-state index in [-0.39, 0.29) is 48.7 Å². The van der Waals surface area contributed by atoms with Gasteiger partial charge in [0.25, 0.3) is 0 Å². The van der Waals surface area contributed by atoms with Crippen molar-refractivity contribution in [1.82, 2.24) is 0 Å². The van der Waals surface area contributed by atoms with Gasteiger partial charge < -0.3 is 23.7 Å². The Bertz CT molecular complexity index is 1660. The van der Waals surface area contributed by atoms with Gasteiger partial charge in [-0.25, -0.2) is 24.0 Å². The number of carbonyl (C=O) groups excluding carboxylic acids is 5. The lowest BCUT2D eigenvalue weighted by molar-refractivity contribution is -0.140. The number of ether oxygens (including phenoxy) is 5. The SMILES string of the molecule is C=C(C)C(=O)OCCOC(=O)c1ccc(-c2ccc(C(=O)OCCOC(=O)C(=C)C)c(-c3ccc(OC(=O)C(=C)C)cc3)c2)cc1. The topological polar surface area (TPSA) is 132 Å². The molecule has 10 nitrogen and oxygen atoms in total. The predicted octanol–water partition coefficient (Wildman–Crippen LogP) is 6.05. The summed E-state index contributed by atoms with van der Waals surface area (Å²) in [4.78, 5) is 60.5. The highest BCUT2D eigenvalue weighted by molar-refractivity contribution is 5.99. The standard InChI is InChI=1S/C36H34O10/c1-22(2)32(37)42-17-19-44-35(40)27-9-7-25(8-10-27)28-13-16-30(36(41)45-20-18-43-33(38)23(3)4)31(21-28)26-11-14-29(15-12-26)46-34(39)24(5)6/h7-16,21H,1,3,5,17-20H2,2,4,6H3. The molecule has 0 N–H and O–H groups in total. The van der Waals surface area contributed by atoms with E-state index < -0.39 is 29.8 Å². The number of hydrogen-bond acceptors (Lipinski definition) is 10. The van der Waals surface area contributed by atoms with Crippen molar-refractivity contribution in [2.45, 2.75) is 20.8 Å². The molecule has 0 bridgehead atoms. The van der Waals surface area contributed by atoms with E-state index in [0.29, 0.717) is 22.4 Å². The second-order valence-electron chi connectivity index (χ2n) is 10.1. The number of benzene rings is 3. The Morgan fingerprint density at radius 2 is 0.978 bits per heavy atom. The molecule has 0 saturated heterocycles. The van der Waals surface area contributed by atoms with Crippen LogP contribution in [0.25, 0.3) is 22.3 Å². The van der Waals surface area contributed by atoms with Gasteiger partial charge in [0.15, 0.2) is 0 Å². The molecule has 0 saturated carbocycles. The second-order valence-corrected chi connectivity index (χ2v) is 10.1. The van der Waals surface area contributed by atoms with E-state index in [1.807, 2.05) is 0 Å². The number of carbonyl (C=O) groups is 5. The van der Waals surface area contributed by atoms with Crippen LogP contribution in [0, 0.1) is 0 Å². The Hall–Kier alpha value is -5.77. The van der Waals surface area contributed by atoms with Crippen LogP contribution < -0.4 is 4.74 Å². The maximum absolute atomic E-state index is 13.1. The average Bonchev–Trinajstić information content (AvgIpc) is 3.04. The van der Waals surface area contributed by atoms with E-state index in [1.165, 1.54) is 13.8 Å². The summed E-state index contributed by atoms with van der Waals surface area (Å²) >= 11 is 0. The summed E-state index contributed by atoms with van der Waals surface area (Å²) in [6.07, 6.45) is 0. The van der Waals surface area contributed by atoms with Crippen LogP contribution in [0.5, 0.6) is 5.75 Å². The molecule has 0 amide bonds. The molecule has 0 unspecified atom stereocenters. The molecule has 0 spiro atoms. The summed E-state index contributed by atoms with van der Waals surface area (Å²) < 4.78 is 25.7. The van der Waals surface area contributed by atoms with Crippen LogP contribution in [0.3, 0.4) is 0 Å². The highest BCUT2D eigenvalue weighted by Gasteiger charge is 2.17. The van der Waals surface area contributed by atoms with Crippen molar-refractivity contribution in [2.24, 2.45) is 0 Å². The molecule has 0 aliphatic carbocycles. The highest BCUT2D eigenvalue weighted by Crippen LogP contribution is 2.32. The summed E-state index contributed by atoms with van der Waals surface area (Å²) in [6, 6.07) is 18.3. The van der Waals surface area contributed by atoms with Gasteiger partial charge in [-0.3, -0.25) is 0 Å². The lowest BCUT2D eigenvalue weighted by Gasteiger charge is -2.14. The van der Waals surface area contributed by atoms with Crippen molar-refractivity contribution in [2.75, 3.05) is 26.4 Å². The fourth-order valence-corrected chi connectivity index (χ4v) is 3.78. The third kappa shape index (κ3) is 9.88. The van der Waals surface area contributed by atoms with Gasteiger partial charge in [-0.2, -0.15) is 0 Å². The molecule has 0 aliphatic rings. The van der Waals surface area contributed by atoms with Crippen molar-refractivity contribution >= 4 is 29.8 Å². The van der Waals surface area contributed by atoms with Crippen LogP contribution in [0.1, 0.15) is 41.5 Å². The van der Waals surface area contributed by atoms with Crippen LogP contribution >= 0.6 is 0 Å². The first-order chi connectivity index (χ1) is 21.9. The first-order valence-electron chi connectivity index (χ1n) is 14.1. The molecule has 10 heteroatoms. The van der Waals surface area contributed by atoms with Gasteiger partial charge in [-0.05, 0) is 79.4 Å². The normalized spacial score (nSPS) is 10.2. The zero-order valence-electron chi connectivity index (χ0n) is 25.9. The second kappa shape index (κ2) is 16.3. The zero-order chi connectivity index (χ0) is 33.8. The third-order valence-electron chi connectivity index (χ3n) is 6.21. The number of esters is 5. The van der Waals surface area contributed by atoms with E-state index >= 15 is 0 Å². The largest absolute Gasteiger partial charge is 0.459 e. The third-order valence-corrected chi connectivity index (χ3v) is 6.21.